The Balaban J connectivity index is 1.71. The van der Waals surface area contributed by atoms with E-state index in [0.717, 1.165) is 6.07 Å². The number of non-ortho nitro benzene ring substituents is 1. The van der Waals surface area contributed by atoms with Gasteiger partial charge in [0, 0.05) is 36.8 Å². The molecule has 0 spiro atoms. The number of nitro groups is 1. The number of benzene rings is 1. The van der Waals surface area contributed by atoms with E-state index in [1.165, 1.54) is 18.2 Å². The summed E-state index contributed by atoms with van der Waals surface area (Å²) in [5, 5.41) is 13.6. The first-order valence-corrected chi connectivity index (χ1v) is 9.59. The second-order valence-corrected chi connectivity index (χ2v) is 8.01. The quantitative estimate of drug-likeness (QED) is 0.481. The van der Waals surface area contributed by atoms with Crippen LogP contribution in [0, 0.1) is 10.1 Å². The fourth-order valence-corrected chi connectivity index (χ4v) is 2.91. The molecule has 1 saturated heterocycles. The lowest BCUT2D eigenvalue weighted by Gasteiger charge is -2.32. The van der Waals surface area contributed by atoms with E-state index in [-0.39, 0.29) is 23.8 Å². The van der Waals surface area contributed by atoms with Crippen LogP contribution in [0.15, 0.2) is 24.3 Å². The van der Waals surface area contributed by atoms with Gasteiger partial charge in [-0.2, -0.15) is 0 Å². The minimum Gasteiger partial charge on any atom is -0.444 e. The van der Waals surface area contributed by atoms with Crippen molar-refractivity contribution in [2.45, 2.75) is 45.3 Å². The summed E-state index contributed by atoms with van der Waals surface area (Å²) in [4.78, 5) is 48.0. The molecule has 0 bridgehead atoms. The third kappa shape index (κ3) is 7.66. The molecule has 164 valence electrons. The Labute approximate surface area is 174 Å². The highest BCUT2D eigenvalue weighted by Gasteiger charge is 2.24. The first kappa shape index (κ1) is 23.1. The SMILES string of the molecule is CC(C)(C)OC(=O)NC1CCN(CC(=O)NNC(=O)c2cccc([N+](=O)[O-])c2)CC1. The van der Waals surface area contributed by atoms with E-state index in [0.29, 0.717) is 25.9 Å². The van der Waals surface area contributed by atoms with Gasteiger partial charge in [-0.25, -0.2) is 4.79 Å². The number of hydrazine groups is 1. The Bertz CT molecular complexity index is 799. The molecule has 0 radical (unpaired) electrons. The molecule has 2 rings (SSSR count). The van der Waals surface area contributed by atoms with Crippen LogP contribution in [0.5, 0.6) is 0 Å². The molecule has 11 heteroatoms. The number of hydrogen-bond donors (Lipinski definition) is 3. The van der Waals surface area contributed by atoms with Gasteiger partial charge in [-0.05, 0) is 39.7 Å². The normalized spacial score (nSPS) is 15.2. The van der Waals surface area contributed by atoms with E-state index >= 15 is 0 Å². The maximum Gasteiger partial charge on any atom is 0.407 e. The fourth-order valence-electron chi connectivity index (χ4n) is 2.91. The summed E-state index contributed by atoms with van der Waals surface area (Å²) in [5.74, 6) is -1.06. The van der Waals surface area contributed by atoms with Crippen LogP contribution >= 0.6 is 0 Å². The predicted molar refractivity (Wildman–Crippen MR) is 108 cm³/mol. The number of amides is 3. The molecule has 0 aliphatic carbocycles. The number of alkyl carbamates (subject to hydrolysis) is 1. The van der Waals surface area contributed by atoms with Crippen molar-refractivity contribution < 1.29 is 24.0 Å². The molecule has 1 heterocycles. The number of carbonyl (C=O) groups is 3. The topological polar surface area (TPSA) is 143 Å². The van der Waals surface area contributed by atoms with Crippen LogP contribution in [0.1, 0.15) is 44.0 Å². The minimum absolute atomic E-state index is 0.0206. The zero-order chi connectivity index (χ0) is 22.3. The number of likely N-dealkylation sites (tertiary alicyclic amines) is 1. The maximum atomic E-state index is 12.1. The largest absolute Gasteiger partial charge is 0.444 e. The lowest BCUT2D eigenvalue weighted by molar-refractivity contribution is -0.384. The molecule has 1 aromatic rings. The lowest BCUT2D eigenvalue weighted by Crippen LogP contribution is -2.50. The van der Waals surface area contributed by atoms with Crippen LogP contribution < -0.4 is 16.2 Å². The van der Waals surface area contributed by atoms with Crippen molar-refractivity contribution in [2.24, 2.45) is 0 Å². The number of carbonyl (C=O) groups excluding carboxylic acids is 3. The third-order valence-electron chi connectivity index (χ3n) is 4.31. The van der Waals surface area contributed by atoms with Gasteiger partial charge in [-0.3, -0.25) is 35.5 Å². The Morgan fingerprint density at radius 1 is 1.20 bits per heavy atom. The highest BCUT2D eigenvalue weighted by atomic mass is 16.6. The van der Waals surface area contributed by atoms with E-state index < -0.39 is 28.4 Å². The van der Waals surface area contributed by atoms with Crippen LogP contribution in [0.2, 0.25) is 0 Å². The lowest BCUT2D eigenvalue weighted by atomic mass is 10.1. The monoisotopic (exact) mass is 421 g/mol. The van der Waals surface area contributed by atoms with Gasteiger partial charge in [-0.15, -0.1) is 0 Å². The highest BCUT2D eigenvalue weighted by molar-refractivity contribution is 5.96. The van der Waals surface area contributed by atoms with Crippen molar-refractivity contribution in [1.29, 1.82) is 0 Å². The van der Waals surface area contributed by atoms with Crippen molar-refractivity contribution >= 4 is 23.6 Å². The Hall–Kier alpha value is -3.21. The summed E-state index contributed by atoms with van der Waals surface area (Å²) >= 11 is 0. The number of ether oxygens (including phenoxy) is 1. The molecule has 3 amide bonds. The molecule has 11 nitrogen and oxygen atoms in total. The minimum atomic E-state index is -0.646. The van der Waals surface area contributed by atoms with Crippen LogP contribution in [0.25, 0.3) is 0 Å². The molecule has 1 aliphatic heterocycles. The Kier molecular flexibility index (Phi) is 7.70. The highest BCUT2D eigenvalue weighted by Crippen LogP contribution is 2.13. The summed E-state index contributed by atoms with van der Waals surface area (Å²) in [7, 11) is 0. The molecule has 0 atom stereocenters. The van der Waals surface area contributed by atoms with E-state index in [9.17, 15) is 24.5 Å². The predicted octanol–water partition coefficient (Wildman–Crippen LogP) is 1.34. The molecule has 3 N–H and O–H groups in total. The smallest absolute Gasteiger partial charge is 0.407 e. The molecule has 1 aliphatic rings. The summed E-state index contributed by atoms with van der Waals surface area (Å²) < 4.78 is 5.24. The van der Waals surface area contributed by atoms with Crippen LogP contribution in [0.3, 0.4) is 0 Å². The number of nitro benzene ring substituents is 1. The van der Waals surface area contributed by atoms with Crippen molar-refractivity contribution in [3.8, 4) is 0 Å². The van der Waals surface area contributed by atoms with E-state index in [2.05, 4.69) is 16.2 Å². The standard InChI is InChI=1S/C19H27N5O6/c1-19(2,3)30-18(27)20-14-7-9-23(10-8-14)12-16(25)21-22-17(26)13-5-4-6-15(11-13)24(28)29/h4-6,11,14H,7-10,12H2,1-3H3,(H,20,27)(H,21,25)(H,22,26). The third-order valence-corrected chi connectivity index (χ3v) is 4.31. The first-order chi connectivity index (χ1) is 14.0. The number of rotatable bonds is 5. The number of piperidine rings is 1. The van der Waals surface area contributed by atoms with Gasteiger partial charge >= 0.3 is 6.09 Å². The molecule has 0 aromatic heterocycles. The van der Waals surface area contributed by atoms with Crippen LogP contribution in [-0.2, 0) is 9.53 Å². The second-order valence-electron chi connectivity index (χ2n) is 8.01. The molecule has 0 saturated carbocycles. The molecule has 0 unspecified atom stereocenters. The second kappa shape index (κ2) is 10.0. The summed E-state index contributed by atoms with van der Waals surface area (Å²) in [5.41, 5.74) is 3.86. The fraction of sp³-hybridized carbons (Fsp3) is 0.526. The van der Waals surface area contributed by atoms with Crippen molar-refractivity contribution in [1.82, 2.24) is 21.1 Å². The van der Waals surface area contributed by atoms with E-state index in [1.807, 2.05) is 4.90 Å². The van der Waals surface area contributed by atoms with Crippen molar-refractivity contribution in [2.75, 3.05) is 19.6 Å². The molecular formula is C19H27N5O6. The average molecular weight is 421 g/mol. The first-order valence-electron chi connectivity index (χ1n) is 9.59. The molecule has 30 heavy (non-hydrogen) atoms. The number of hydrogen-bond acceptors (Lipinski definition) is 7. The number of nitrogens with zero attached hydrogens (tertiary/aromatic N) is 2. The van der Waals surface area contributed by atoms with Gasteiger partial charge in [-0.1, -0.05) is 6.07 Å². The zero-order valence-corrected chi connectivity index (χ0v) is 17.3. The van der Waals surface area contributed by atoms with Crippen LogP contribution in [-0.4, -0.2) is 59.0 Å². The van der Waals surface area contributed by atoms with Gasteiger partial charge in [0.05, 0.1) is 11.5 Å². The molecule has 1 aromatic carbocycles. The number of nitrogens with one attached hydrogen (secondary N) is 3. The van der Waals surface area contributed by atoms with Crippen molar-refractivity contribution in [3.05, 3.63) is 39.9 Å². The summed E-state index contributed by atoms with van der Waals surface area (Å²) in [6.45, 7) is 6.68. The van der Waals surface area contributed by atoms with Gasteiger partial charge in [0.1, 0.15) is 5.60 Å². The Morgan fingerprint density at radius 3 is 2.47 bits per heavy atom. The van der Waals surface area contributed by atoms with Gasteiger partial charge in [0.25, 0.3) is 17.5 Å². The van der Waals surface area contributed by atoms with E-state index in [1.54, 1.807) is 20.8 Å². The molecule has 1 fully saturated rings. The van der Waals surface area contributed by atoms with Crippen LogP contribution in [0.4, 0.5) is 10.5 Å². The average Bonchev–Trinajstić information content (AvgIpc) is 2.66. The van der Waals surface area contributed by atoms with Gasteiger partial charge in [0.15, 0.2) is 0 Å². The maximum absolute atomic E-state index is 12.1. The van der Waals surface area contributed by atoms with Crippen molar-refractivity contribution in [3.63, 3.8) is 0 Å². The van der Waals surface area contributed by atoms with Gasteiger partial charge in [0.2, 0.25) is 0 Å². The molecular weight excluding hydrogens is 394 g/mol. The zero-order valence-electron chi connectivity index (χ0n) is 17.3. The van der Waals surface area contributed by atoms with E-state index in [4.69, 9.17) is 4.74 Å². The summed E-state index contributed by atoms with van der Waals surface area (Å²) in [6.07, 6.45) is 0.890. The van der Waals surface area contributed by atoms with Gasteiger partial charge < -0.3 is 10.1 Å². The summed E-state index contributed by atoms with van der Waals surface area (Å²) in [6, 6.07) is 5.19. The Morgan fingerprint density at radius 2 is 1.87 bits per heavy atom.